The van der Waals surface area contributed by atoms with Crippen molar-refractivity contribution < 1.29 is 23.9 Å². The van der Waals surface area contributed by atoms with Crippen LogP contribution in [0, 0.1) is 13.8 Å². The molecule has 0 aliphatic carbocycles. The summed E-state index contributed by atoms with van der Waals surface area (Å²) >= 11 is 1.57. The number of rotatable bonds is 7. The van der Waals surface area contributed by atoms with E-state index in [0.29, 0.717) is 24.4 Å². The summed E-state index contributed by atoms with van der Waals surface area (Å²) in [5, 5.41) is 10.5. The molecule has 2 heterocycles. The van der Waals surface area contributed by atoms with Crippen molar-refractivity contribution in [1.29, 1.82) is 0 Å². The Morgan fingerprint density at radius 2 is 2.00 bits per heavy atom. The van der Waals surface area contributed by atoms with E-state index in [1.165, 1.54) is 4.68 Å². The molecule has 2 aromatic rings. The highest BCUT2D eigenvalue weighted by Gasteiger charge is 2.26. The van der Waals surface area contributed by atoms with Crippen molar-refractivity contribution in [3.63, 3.8) is 0 Å². The van der Waals surface area contributed by atoms with Gasteiger partial charge in [-0.3, -0.25) is 19.6 Å². The third kappa shape index (κ3) is 5.48. The number of ether oxygens (including phenoxy) is 1. The van der Waals surface area contributed by atoms with Crippen molar-refractivity contribution in [1.82, 2.24) is 20.4 Å². The maximum atomic E-state index is 12.2. The lowest BCUT2D eigenvalue weighted by Gasteiger charge is -2.07. The van der Waals surface area contributed by atoms with Gasteiger partial charge in [0, 0.05) is 24.2 Å². The van der Waals surface area contributed by atoms with Gasteiger partial charge in [-0.05, 0) is 31.7 Å². The Bertz CT molecular complexity index is 857. The SMILES string of the molecule is Cc1nn(C)c(C)c1C(=O)C(=O)OCC(=O)NC(=O)NCCc1cccs1. The molecular weight excluding hydrogens is 372 g/mol. The van der Waals surface area contributed by atoms with Crippen LogP contribution in [0.15, 0.2) is 17.5 Å². The number of carbonyl (C=O) groups excluding carboxylic acids is 4. The van der Waals surface area contributed by atoms with E-state index in [4.69, 9.17) is 0 Å². The molecule has 27 heavy (non-hydrogen) atoms. The minimum absolute atomic E-state index is 0.147. The summed E-state index contributed by atoms with van der Waals surface area (Å²) in [4.78, 5) is 48.4. The number of imide groups is 1. The van der Waals surface area contributed by atoms with Gasteiger partial charge < -0.3 is 10.1 Å². The van der Waals surface area contributed by atoms with Gasteiger partial charge in [0.1, 0.15) is 0 Å². The number of nitrogens with zero attached hydrogens (tertiary/aromatic N) is 2. The van der Waals surface area contributed by atoms with Gasteiger partial charge in [0.15, 0.2) is 6.61 Å². The van der Waals surface area contributed by atoms with E-state index >= 15 is 0 Å². The normalized spacial score (nSPS) is 10.3. The molecule has 0 unspecified atom stereocenters. The highest BCUT2D eigenvalue weighted by Crippen LogP contribution is 2.13. The first-order valence-electron chi connectivity index (χ1n) is 8.11. The molecule has 10 heteroatoms. The average molecular weight is 392 g/mol. The molecule has 0 aromatic carbocycles. The van der Waals surface area contributed by atoms with Crippen LogP contribution in [-0.4, -0.2) is 46.6 Å². The fourth-order valence-electron chi connectivity index (χ4n) is 2.36. The fourth-order valence-corrected chi connectivity index (χ4v) is 3.07. The summed E-state index contributed by atoms with van der Waals surface area (Å²) in [7, 11) is 1.65. The number of thiophene rings is 1. The van der Waals surface area contributed by atoms with Crippen molar-refractivity contribution in [2.45, 2.75) is 20.3 Å². The summed E-state index contributed by atoms with van der Waals surface area (Å²) in [6, 6.07) is 3.16. The van der Waals surface area contributed by atoms with E-state index in [-0.39, 0.29) is 5.56 Å². The van der Waals surface area contributed by atoms with Crippen LogP contribution in [0.2, 0.25) is 0 Å². The van der Waals surface area contributed by atoms with E-state index < -0.39 is 30.3 Å². The molecule has 0 atom stereocenters. The smallest absolute Gasteiger partial charge is 0.380 e. The molecule has 2 aromatic heterocycles. The summed E-state index contributed by atoms with van der Waals surface area (Å²) in [5.74, 6) is -2.89. The molecule has 0 saturated heterocycles. The lowest BCUT2D eigenvalue weighted by atomic mass is 10.1. The number of ketones is 1. The second kappa shape index (κ2) is 9.08. The Hall–Kier alpha value is -3.01. The second-order valence-corrected chi connectivity index (χ2v) is 6.74. The van der Waals surface area contributed by atoms with Gasteiger partial charge in [0.05, 0.1) is 11.3 Å². The standard InChI is InChI=1S/C17H20N4O5S/c1-10-14(11(2)21(3)20-10)15(23)16(24)26-9-13(22)19-17(25)18-7-6-12-5-4-8-27-12/h4-5,8H,6-7,9H2,1-3H3,(H2,18,19,22,25). The van der Waals surface area contributed by atoms with Crippen molar-refractivity contribution in [3.05, 3.63) is 39.3 Å². The van der Waals surface area contributed by atoms with E-state index in [1.54, 1.807) is 32.2 Å². The molecule has 2 rings (SSSR count). The van der Waals surface area contributed by atoms with E-state index in [1.807, 2.05) is 22.8 Å². The van der Waals surface area contributed by atoms with Gasteiger partial charge in [0.25, 0.3) is 11.7 Å². The number of aromatic nitrogens is 2. The first kappa shape index (κ1) is 20.3. The third-order valence-corrected chi connectivity index (χ3v) is 4.68. The molecule has 3 amide bonds. The van der Waals surface area contributed by atoms with Crippen LogP contribution >= 0.6 is 11.3 Å². The number of nitrogens with one attached hydrogen (secondary N) is 2. The van der Waals surface area contributed by atoms with Crippen molar-refractivity contribution in [3.8, 4) is 0 Å². The van der Waals surface area contributed by atoms with Gasteiger partial charge in [-0.1, -0.05) is 6.07 Å². The van der Waals surface area contributed by atoms with Crippen LogP contribution in [0.3, 0.4) is 0 Å². The van der Waals surface area contributed by atoms with Crippen LogP contribution in [0.1, 0.15) is 26.6 Å². The molecule has 9 nitrogen and oxygen atoms in total. The topological polar surface area (TPSA) is 119 Å². The number of hydrogen-bond donors (Lipinski definition) is 2. The minimum atomic E-state index is -1.18. The van der Waals surface area contributed by atoms with Crippen LogP contribution < -0.4 is 10.6 Å². The molecule has 0 radical (unpaired) electrons. The van der Waals surface area contributed by atoms with Gasteiger partial charge in [-0.2, -0.15) is 5.10 Å². The fraction of sp³-hybridized carbons (Fsp3) is 0.353. The average Bonchev–Trinajstić information content (AvgIpc) is 3.20. The lowest BCUT2D eigenvalue weighted by molar-refractivity contribution is -0.143. The van der Waals surface area contributed by atoms with Crippen LogP contribution in [0.4, 0.5) is 4.79 Å². The zero-order chi connectivity index (χ0) is 20.0. The zero-order valence-corrected chi connectivity index (χ0v) is 16.0. The first-order valence-corrected chi connectivity index (χ1v) is 8.99. The Balaban J connectivity index is 1.74. The number of esters is 1. The Morgan fingerprint density at radius 1 is 1.26 bits per heavy atom. The molecule has 0 aliphatic rings. The molecule has 144 valence electrons. The summed E-state index contributed by atoms with van der Waals surface area (Å²) < 4.78 is 6.16. The number of carbonyl (C=O) groups is 4. The van der Waals surface area contributed by atoms with Gasteiger partial charge in [0.2, 0.25) is 0 Å². The number of hydrogen-bond acceptors (Lipinski definition) is 7. The Labute approximate surface area is 159 Å². The summed E-state index contributed by atoms with van der Waals surface area (Å²) in [5.41, 5.74) is 1.06. The zero-order valence-electron chi connectivity index (χ0n) is 15.2. The molecule has 0 aliphatic heterocycles. The molecule has 2 N–H and O–H groups in total. The van der Waals surface area contributed by atoms with Crippen molar-refractivity contribution in [2.75, 3.05) is 13.2 Å². The molecule has 0 spiro atoms. The van der Waals surface area contributed by atoms with Crippen LogP contribution in [-0.2, 0) is 27.8 Å². The maximum Gasteiger partial charge on any atom is 0.380 e. The third-order valence-electron chi connectivity index (χ3n) is 3.75. The van der Waals surface area contributed by atoms with E-state index in [2.05, 4.69) is 15.2 Å². The quantitative estimate of drug-likeness (QED) is 0.410. The number of aryl methyl sites for hydroxylation is 2. The molecular formula is C17H20N4O5S. The van der Waals surface area contributed by atoms with Crippen LogP contribution in [0.25, 0.3) is 0 Å². The van der Waals surface area contributed by atoms with Gasteiger partial charge in [-0.15, -0.1) is 11.3 Å². The molecule has 0 bridgehead atoms. The number of Topliss-reactive ketones (excluding diaryl/α,β-unsaturated/α-hetero) is 1. The highest BCUT2D eigenvalue weighted by molar-refractivity contribution is 7.09. The predicted molar refractivity (Wildman–Crippen MR) is 97.5 cm³/mol. The monoisotopic (exact) mass is 392 g/mol. The van der Waals surface area contributed by atoms with Crippen LogP contribution in [0.5, 0.6) is 0 Å². The summed E-state index contributed by atoms with van der Waals surface area (Å²) in [6.45, 7) is 2.87. The minimum Gasteiger partial charge on any atom is -0.450 e. The van der Waals surface area contributed by atoms with Gasteiger partial charge >= 0.3 is 12.0 Å². The molecule has 0 saturated carbocycles. The highest BCUT2D eigenvalue weighted by atomic mass is 32.1. The lowest BCUT2D eigenvalue weighted by Crippen LogP contribution is -2.42. The Kier molecular flexibility index (Phi) is 6.83. The van der Waals surface area contributed by atoms with Gasteiger partial charge in [-0.25, -0.2) is 9.59 Å². The summed E-state index contributed by atoms with van der Waals surface area (Å²) in [6.07, 6.45) is 0.645. The first-order chi connectivity index (χ1) is 12.8. The molecule has 0 fully saturated rings. The number of amides is 3. The predicted octanol–water partition coefficient (Wildman–Crippen LogP) is 0.893. The largest absolute Gasteiger partial charge is 0.450 e. The second-order valence-electron chi connectivity index (χ2n) is 5.71. The van der Waals surface area contributed by atoms with Crippen molar-refractivity contribution in [2.24, 2.45) is 7.05 Å². The maximum absolute atomic E-state index is 12.2. The number of urea groups is 1. The van der Waals surface area contributed by atoms with Crippen molar-refractivity contribution >= 4 is 35.0 Å². The van der Waals surface area contributed by atoms with E-state index in [9.17, 15) is 19.2 Å². The van der Waals surface area contributed by atoms with E-state index in [0.717, 1.165) is 4.88 Å². The Morgan fingerprint density at radius 3 is 2.59 bits per heavy atom.